The highest BCUT2D eigenvalue weighted by Crippen LogP contribution is 2.35. The van der Waals surface area contributed by atoms with E-state index in [-0.39, 0.29) is 17.7 Å². The summed E-state index contributed by atoms with van der Waals surface area (Å²) in [5, 5.41) is 2.42. The van der Waals surface area contributed by atoms with Crippen LogP contribution in [0.2, 0.25) is 0 Å². The number of ether oxygens (including phenoxy) is 2. The van der Waals surface area contributed by atoms with Gasteiger partial charge in [0, 0.05) is 17.8 Å². The van der Waals surface area contributed by atoms with Crippen molar-refractivity contribution in [1.29, 1.82) is 0 Å². The number of nitrogens with one attached hydrogen (secondary N) is 1. The minimum atomic E-state index is -4.91. The fourth-order valence-corrected chi connectivity index (χ4v) is 3.90. The molecule has 0 spiro atoms. The molecule has 2 aromatic carbocycles. The van der Waals surface area contributed by atoms with Crippen LogP contribution in [-0.2, 0) is 10.9 Å². The Kier molecular flexibility index (Phi) is 7.66. The lowest BCUT2D eigenvalue weighted by Gasteiger charge is -2.34. The molecular formula is C27H28F3N3O5. The Morgan fingerprint density at radius 1 is 1.05 bits per heavy atom. The van der Waals surface area contributed by atoms with Gasteiger partial charge < -0.3 is 24.1 Å². The standard InChI is InChI=1S/C27H28F3N3O5/c1-26(2,3)38-25(35)33-15-7-10-20(16-33)36-19-13-11-18(12-14-19)31-23(34)21-22(27(28,29)30)37-24(32-21)17-8-5-4-6-9-17/h4-6,8-9,11-14,20H,7,10,15-16H2,1-3H3,(H,31,34). The molecule has 8 nitrogen and oxygen atoms in total. The van der Waals surface area contributed by atoms with Crippen molar-refractivity contribution in [3.05, 3.63) is 66.1 Å². The fraction of sp³-hybridized carbons (Fsp3) is 0.370. The molecule has 0 aliphatic carbocycles. The van der Waals surface area contributed by atoms with Crippen molar-refractivity contribution < 1.29 is 36.7 Å². The van der Waals surface area contributed by atoms with Crippen LogP contribution < -0.4 is 10.1 Å². The number of likely N-dealkylation sites (tertiary alicyclic amines) is 1. The second-order valence-corrected chi connectivity index (χ2v) is 9.85. The summed E-state index contributed by atoms with van der Waals surface area (Å²) in [6, 6.07) is 14.2. The quantitative estimate of drug-likeness (QED) is 0.410. The number of hydrogen-bond acceptors (Lipinski definition) is 6. The number of halogens is 3. The van der Waals surface area contributed by atoms with Crippen molar-refractivity contribution >= 4 is 17.7 Å². The molecule has 1 atom stereocenters. The van der Waals surface area contributed by atoms with Gasteiger partial charge in [-0.1, -0.05) is 18.2 Å². The van der Waals surface area contributed by atoms with Gasteiger partial charge in [0.05, 0.1) is 6.54 Å². The monoisotopic (exact) mass is 531 g/mol. The Morgan fingerprint density at radius 3 is 2.37 bits per heavy atom. The smallest absolute Gasteiger partial charge is 0.452 e. The zero-order valence-corrected chi connectivity index (χ0v) is 21.2. The predicted octanol–water partition coefficient (Wildman–Crippen LogP) is 6.39. The SMILES string of the molecule is CC(C)(C)OC(=O)N1CCCC(Oc2ccc(NC(=O)c3nc(-c4ccccc4)oc3C(F)(F)F)cc2)C1. The Balaban J connectivity index is 1.41. The molecule has 1 fully saturated rings. The van der Waals surface area contributed by atoms with Gasteiger partial charge in [0.25, 0.3) is 5.91 Å². The maximum atomic E-state index is 13.5. The van der Waals surface area contributed by atoms with Crippen LogP contribution in [0.25, 0.3) is 11.5 Å². The summed E-state index contributed by atoms with van der Waals surface area (Å²) in [5.41, 5.74) is -0.896. The van der Waals surface area contributed by atoms with Crippen molar-refractivity contribution in [2.45, 2.75) is 51.5 Å². The molecular weight excluding hydrogens is 503 g/mol. The van der Waals surface area contributed by atoms with Gasteiger partial charge in [0.1, 0.15) is 17.5 Å². The number of oxazole rings is 1. The van der Waals surface area contributed by atoms with E-state index in [2.05, 4.69) is 10.3 Å². The zero-order valence-electron chi connectivity index (χ0n) is 21.2. The molecule has 1 unspecified atom stereocenters. The van der Waals surface area contributed by atoms with Gasteiger partial charge in [-0.05, 0) is 70.0 Å². The van der Waals surface area contributed by atoms with Gasteiger partial charge in [-0.25, -0.2) is 9.78 Å². The maximum Gasteiger partial charge on any atom is 0.452 e. The average Bonchev–Trinajstić information content (AvgIpc) is 3.32. The van der Waals surface area contributed by atoms with E-state index in [9.17, 15) is 22.8 Å². The van der Waals surface area contributed by atoms with Crippen LogP contribution in [0.5, 0.6) is 5.75 Å². The third-order valence-electron chi connectivity index (χ3n) is 5.57. The molecule has 1 saturated heterocycles. The third-order valence-corrected chi connectivity index (χ3v) is 5.57. The summed E-state index contributed by atoms with van der Waals surface area (Å²) < 4.78 is 57.0. The summed E-state index contributed by atoms with van der Waals surface area (Å²) in [7, 11) is 0. The van der Waals surface area contributed by atoms with E-state index >= 15 is 0 Å². The first-order valence-corrected chi connectivity index (χ1v) is 12.1. The van der Waals surface area contributed by atoms with Crippen molar-refractivity contribution in [1.82, 2.24) is 9.88 Å². The molecule has 4 rings (SSSR count). The van der Waals surface area contributed by atoms with Gasteiger partial charge >= 0.3 is 12.3 Å². The predicted molar refractivity (Wildman–Crippen MR) is 133 cm³/mol. The zero-order chi connectivity index (χ0) is 27.5. The molecule has 0 saturated carbocycles. The molecule has 3 aromatic rings. The molecule has 1 N–H and O–H groups in total. The highest BCUT2D eigenvalue weighted by atomic mass is 19.4. The Labute approximate surface area is 217 Å². The van der Waals surface area contributed by atoms with Crippen LogP contribution in [0, 0.1) is 0 Å². The van der Waals surface area contributed by atoms with Crippen molar-refractivity contribution in [2.24, 2.45) is 0 Å². The fourth-order valence-electron chi connectivity index (χ4n) is 3.90. The van der Waals surface area contributed by atoms with Crippen molar-refractivity contribution in [3.63, 3.8) is 0 Å². The molecule has 0 radical (unpaired) electrons. The normalized spacial score (nSPS) is 16.2. The maximum absolute atomic E-state index is 13.5. The molecule has 38 heavy (non-hydrogen) atoms. The summed E-state index contributed by atoms with van der Waals surface area (Å²) in [4.78, 5) is 30.5. The number of anilines is 1. The van der Waals surface area contributed by atoms with E-state index in [0.29, 0.717) is 24.4 Å². The van der Waals surface area contributed by atoms with E-state index in [1.54, 1.807) is 56.0 Å². The van der Waals surface area contributed by atoms with E-state index in [1.165, 1.54) is 24.3 Å². The van der Waals surface area contributed by atoms with Crippen LogP contribution in [0.3, 0.4) is 0 Å². The lowest BCUT2D eigenvalue weighted by Crippen LogP contribution is -2.46. The number of carbonyl (C=O) groups is 2. The Morgan fingerprint density at radius 2 is 1.74 bits per heavy atom. The van der Waals surface area contributed by atoms with Crippen LogP contribution in [0.4, 0.5) is 23.7 Å². The molecule has 1 aliphatic rings. The highest BCUT2D eigenvalue weighted by Gasteiger charge is 2.42. The molecule has 1 aromatic heterocycles. The number of alkyl halides is 3. The Hall–Kier alpha value is -4.02. The first-order chi connectivity index (χ1) is 17.9. The lowest BCUT2D eigenvalue weighted by molar-refractivity contribution is -0.153. The largest absolute Gasteiger partial charge is 0.489 e. The molecule has 2 heterocycles. The minimum absolute atomic E-state index is 0.249. The first kappa shape index (κ1) is 27.0. The number of nitrogens with zero attached hydrogens (tertiary/aromatic N) is 2. The van der Waals surface area contributed by atoms with Crippen LogP contribution in [0.1, 0.15) is 49.9 Å². The summed E-state index contributed by atoms with van der Waals surface area (Å²) in [5.74, 6) is -2.35. The van der Waals surface area contributed by atoms with E-state index in [4.69, 9.17) is 13.9 Å². The van der Waals surface area contributed by atoms with Crippen molar-refractivity contribution in [3.8, 4) is 17.2 Å². The molecule has 1 aliphatic heterocycles. The number of aromatic nitrogens is 1. The van der Waals surface area contributed by atoms with Crippen LogP contribution in [0.15, 0.2) is 59.0 Å². The van der Waals surface area contributed by atoms with E-state index in [0.717, 1.165) is 12.8 Å². The second kappa shape index (κ2) is 10.8. The topological polar surface area (TPSA) is 93.9 Å². The number of amides is 2. The van der Waals surface area contributed by atoms with Gasteiger partial charge in [-0.15, -0.1) is 0 Å². The van der Waals surface area contributed by atoms with Crippen LogP contribution in [-0.4, -0.2) is 46.7 Å². The molecule has 0 bridgehead atoms. The number of benzene rings is 2. The summed E-state index contributed by atoms with van der Waals surface area (Å²) in [6.07, 6.45) is -4.06. The lowest BCUT2D eigenvalue weighted by atomic mass is 10.1. The van der Waals surface area contributed by atoms with E-state index in [1.807, 2.05) is 0 Å². The highest BCUT2D eigenvalue weighted by molar-refractivity contribution is 6.04. The number of rotatable bonds is 5. The van der Waals surface area contributed by atoms with Gasteiger partial charge in [0.2, 0.25) is 11.7 Å². The number of hydrogen-bond donors (Lipinski definition) is 1. The average molecular weight is 532 g/mol. The second-order valence-electron chi connectivity index (χ2n) is 9.85. The number of carbonyl (C=O) groups excluding carboxylic acids is 2. The van der Waals surface area contributed by atoms with Gasteiger partial charge in [0.15, 0.2) is 5.69 Å². The van der Waals surface area contributed by atoms with Crippen LogP contribution >= 0.6 is 0 Å². The third kappa shape index (κ3) is 6.84. The molecule has 2 amide bonds. The van der Waals surface area contributed by atoms with Gasteiger partial charge in [-0.2, -0.15) is 13.2 Å². The first-order valence-electron chi connectivity index (χ1n) is 12.1. The Bertz CT molecular complexity index is 1270. The minimum Gasteiger partial charge on any atom is -0.489 e. The van der Waals surface area contributed by atoms with Gasteiger partial charge in [-0.3, -0.25) is 4.79 Å². The number of piperidine rings is 1. The summed E-state index contributed by atoms with van der Waals surface area (Å²) >= 11 is 0. The van der Waals surface area contributed by atoms with Crippen molar-refractivity contribution in [2.75, 3.05) is 18.4 Å². The molecule has 202 valence electrons. The summed E-state index contributed by atoms with van der Waals surface area (Å²) in [6.45, 7) is 6.35. The van der Waals surface area contributed by atoms with E-state index < -0.39 is 35.2 Å². The molecule has 11 heteroatoms.